The molecule has 0 bridgehead atoms. The molecule has 2 heteroatoms. The van der Waals surface area contributed by atoms with E-state index in [0.717, 1.165) is 12.7 Å². The van der Waals surface area contributed by atoms with Crippen LogP contribution in [-0.4, -0.2) is 23.2 Å². The molecule has 0 saturated carbocycles. The molecule has 14 heavy (non-hydrogen) atoms. The Bertz CT molecular complexity index is 253. The Labute approximate surface area is 90.5 Å². The lowest BCUT2D eigenvalue weighted by Gasteiger charge is -2.41. The summed E-state index contributed by atoms with van der Waals surface area (Å²) < 4.78 is -0.0474. The summed E-state index contributed by atoms with van der Waals surface area (Å²) in [5, 5.41) is 0. The van der Waals surface area contributed by atoms with E-state index in [1.807, 2.05) is 19.9 Å². The number of allylic oxidation sites excluding steroid dienone is 2. The van der Waals surface area contributed by atoms with Crippen molar-refractivity contribution < 1.29 is 4.79 Å². The second-order valence-corrected chi connectivity index (χ2v) is 6.75. The summed E-state index contributed by atoms with van der Waals surface area (Å²) in [5.41, 5.74) is -0.306. The van der Waals surface area contributed by atoms with E-state index in [1.165, 1.54) is 0 Å². The monoisotopic (exact) mass is 214 g/mol. The Kier molecular flexibility index (Phi) is 4.79. The quantitative estimate of drug-likeness (QED) is 0.390. The highest BCUT2D eigenvalue weighted by atomic mass is 32.2. The number of aldehydes is 1. The molecule has 2 unspecified atom stereocenters. The maximum absolute atomic E-state index is 11.2. The highest BCUT2D eigenvalue weighted by Crippen LogP contribution is 2.44. The first-order valence-electron chi connectivity index (χ1n) is 4.85. The van der Waals surface area contributed by atoms with Gasteiger partial charge in [-0.25, -0.2) is 0 Å². The van der Waals surface area contributed by atoms with E-state index in [1.54, 1.807) is 0 Å². The highest BCUT2D eigenvalue weighted by Gasteiger charge is 2.40. The number of hydrogen-bond donors (Lipinski definition) is 0. The molecule has 0 aliphatic rings. The van der Waals surface area contributed by atoms with Crippen molar-refractivity contribution in [2.45, 2.75) is 38.9 Å². The minimum Gasteiger partial charge on any atom is -0.303 e. The van der Waals surface area contributed by atoms with Crippen LogP contribution in [0.25, 0.3) is 0 Å². The molecule has 0 N–H and O–H groups in total. The zero-order valence-corrected chi connectivity index (χ0v) is 10.8. The van der Waals surface area contributed by atoms with Crippen LogP contribution >= 0.6 is 10.5 Å². The van der Waals surface area contributed by atoms with Crippen LogP contribution in [0.4, 0.5) is 0 Å². The molecule has 2 atom stereocenters. The molecule has 0 heterocycles. The fraction of sp³-hybridized carbons (Fsp3) is 0.667. The molecule has 0 aliphatic heterocycles. The van der Waals surface area contributed by atoms with Gasteiger partial charge in [-0.1, -0.05) is 38.8 Å². The molecule has 0 spiro atoms. The van der Waals surface area contributed by atoms with Crippen LogP contribution in [0.5, 0.6) is 0 Å². The van der Waals surface area contributed by atoms with Gasteiger partial charge in [0.2, 0.25) is 0 Å². The molecular formula is C12H22OS. The van der Waals surface area contributed by atoms with Gasteiger partial charge < -0.3 is 4.79 Å². The third-order valence-corrected chi connectivity index (χ3v) is 5.49. The predicted octanol–water partition coefficient (Wildman–Crippen LogP) is 3.27. The SMILES string of the molecule is C=S(C)C(C)(C)C(C)(C=O)CC=CC. The normalized spacial score (nSPS) is 19.2. The molecule has 0 radical (unpaired) electrons. The summed E-state index contributed by atoms with van der Waals surface area (Å²) in [7, 11) is -0.0138. The van der Waals surface area contributed by atoms with Crippen LogP contribution in [0.2, 0.25) is 0 Å². The van der Waals surface area contributed by atoms with Crippen LogP contribution in [0, 0.1) is 5.41 Å². The van der Waals surface area contributed by atoms with E-state index in [9.17, 15) is 4.79 Å². The fourth-order valence-electron chi connectivity index (χ4n) is 1.20. The zero-order chi connectivity index (χ0) is 11.4. The minimum absolute atomic E-state index is 0.0138. The van der Waals surface area contributed by atoms with Crippen molar-refractivity contribution in [1.29, 1.82) is 0 Å². The standard InChI is InChI=1S/C12H22OS/c1-7-8-9-12(4,10-13)11(2,3)14(5)6/h7-8,10H,5,9H2,1-4,6H3. The Balaban J connectivity index is 5.01. The molecule has 0 aromatic carbocycles. The van der Waals surface area contributed by atoms with E-state index in [4.69, 9.17) is 0 Å². The Morgan fingerprint density at radius 1 is 1.36 bits per heavy atom. The number of carbonyl (C=O) groups excluding carboxylic acids is 1. The zero-order valence-electron chi connectivity index (χ0n) is 9.96. The van der Waals surface area contributed by atoms with Crippen molar-refractivity contribution in [1.82, 2.24) is 0 Å². The second-order valence-electron chi connectivity index (χ2n) is 4.46. The van der Waals surface area contributed by atoms with E-state index in [0.29, 0.717) is 0 Å². The first-order valence-corrected chi connectivity index (χ1v) is 6.65. The average molecular weight is 214 g/mol. The van der Waals surface area contributed by atoms with Gasteiger partial charge in [0.15, 0.2) is 0 Å². The molecule has 0 aromatic rings. The summed E-state index contributed by atoms with van der Waals surface area (Å²) in [6, 6.07) is 0. The lowest BCUT2D eigenvalue weighted by molar-refractivity contribution is -0.116. The summed E-state index contributed by atoms with van der Waals surface area (Å²) >= 11 is 0. The largest absolute Gasteiger partial charge is 0.303 e. The molecular weight excluding hydrogens is 192 g/mol. The van der Waals surface area contributed by atoms with E-state index in [2.05, 4.69) is 32.0 Å². The number of rotatable bonds is 5. The molecule has 0 amide bonds. The Morgan fingerprint density at radius 3 is 2.14 bits per heavy atom. The van der Waals surface area contributed by atoms with Gasteiger partial charge >= 0.3 is 0 Å². The van der Waals surface area contributed by atoms with Gasteiger partial charge in [-0.2, -0.15) is 10.5 Å². The summed E-state index contributed by atoms with van der Waals surface area (Å²) in [4.78, 5) is 11.2. The van der Waals surface area contributed by atoms with Crippen LogP contribution in [-0.2, 0) is 4.79 Å². The smallest absolute Gasteiger partial charge is 0.127 e. The first-order chi connectivity index (χ1) is 6.31. The van der Waals surface area contributed by atoms with E-state index >= 15 is 0 Å². The number of hydrogen-bond acceptors (Lipinski definition) is 1. The van der Waals surface area contributed by atoms with Crippen molar-refractivity contribution in [2.75, 3.05) is 6.26 Å². The minimum atomic E-state index is -0.306. The van der Waals surface area contributed by atoms with Gasteiger partial charge in [-0.05, 0) is 19.6 Å². The van der Waals surface area contributed by atoms with Crippen molar-refractivity contribution in [3.05, 3.63) is 12.2 Å². The summed E-state index contributed by atoms with van der Waals surface area (Å²) in [5.74, 6) is 4.08. The van der Waals surface area contributed by atoms with Crippen LogP contribution in [0.15, 0.2) is 12.2 Å². The van der Waals surface area contributed by atoms with Crippen molar-refractivity contribution in [3.8, 4) is 0 Å². The maximum atomic E-state index is 11.2. The van der Waals surface area contributed by atoms with Crippen molar-refractivity contribution in [2.24, 2.45) is 5.41 Å². The topological polar surface area (TPSA) is 17.1 Å². The molecule has 82 valence electrons. The number of carbonyl (C=O) groups is 1. The van der Waals surface area contributed by atoms with E-state index in [-0.39, 0.29) is 20.6 Å². The predicted molar refractivity (Wildman–Crippen MR) is 68.3 cm³/mol. The molecule has 0 saturated heterocycles. The third kappa shape index (κ3) is 2.57. The highest BCUT2D eigenvalue weighted by molar-refractivity contribution is 8.14. The lowest BCUT2D eigenvalue weighted by Crippen LogP contribution is -2.40. The van der Waals surface area contributed by atoms with Crippen LogP contribution in [0.1, 0.15) is 34.1 Å². The molecule has 0 aromatic heterocycles. The second kappa shape index (κ2) is 4.92. The van der Waals surface area contributed by atoms with E-state index < -0.39 is 0 Å². The van der Waals surface area contributed by atoms with Gasteiger partial charge in [0.1, 0.15) is 6.29 Å². The van der Waals surface area contributed by atoms with Crippen LogP contribution < -0.4 is 0 Å². The van der Waals surface area contributed by atoms with Crippen molar-refractivity contribution in [3.63, 3.8) is 0 Å². The maximum Gasteiger partial charge on any atom is 0.127 e. The molecule has 0 rings (SSSR count). The van der Waals surface area contributed by atoms with Gasteiger partial charge in [0, 0.05) is 10.2 Å². The Hall–Kier alpha value is -0.370. The first kappa shape index (κ1) is 13.6. The molecule has 0 fully saturated rings. The summed E-state index contributed by atoms with van der Waals surface area (Å²) in [6.45, 7) is 8.25. The lowest BCUT2D eigenvalue weighted by atomic mass is 9.77. The molecule has 1 nitrogen and oxygen atoms in total. The average Bonchev–Trinajstić information content (AvgIpc) is 2.13. The summed E-state index contributed by atoms with van der Waals surface area (Å²) in [6.07, 6.45) is 8.03. The van der Waals surface area contributed by atoms with Gasteiger partial charge in [-0.15, -0.1) is 0 Å². The van der Waals surface area contributed by atoms with Gasteiger partial charge in [0.25, 0.3) is 0 Å². The third-order valence-electron chi connectivity index (χ3n) is 3.28. The molecule has 0 aliphatic carbocycles. The van der Waals surface area contributed by atoms with Gasteiger partial charge in [-0.3, -0.25) is 0 Å². The Morgan fingerprint density at radius 2 is 1.86 bits per heavy atom. The van der Waals surface area contributed by atoms with Crippen molar-refractivity contribution >= 4 is 22.6 Å². The van der Waals surface area contributed by atoms with Crippen LogP contribution in [0.3, 0.4) is 0 Å². The van der Waals surface area contributed by atoms with Gasteiger partial charge in [0.05, 0.1) is 0 Å². The fourth-order valence-corrected chi connectivity index (χ4v) is 2.12.